The highest BCUT2D eigenvalue weighted by Crippen LogP contribution is 2.36. The van der Waals surface area contributed by atoms with Gasteiger partial charge in [-0.3, -0.25) is 14.2 Å². The number of fused-ring (bicyclic) bond motifs is 2. The Labute approximate surface area is 190 Å². The lowest BCUT2D eigenvalue weighted by Gasteiger charge is -2.42. The Morgan fingerprint density at radius 1 is 1.22 bits per heavy atom. The first-order chi connectivity index (χ1) is 15.5. The summed E-state index contributed by atoms with van der Waals surface area (Å²) in [6, 6.07) is 7.73. The normalized spacial score (nSPS) is 22.2. The number of nitrogens with zero attached hydrogens (tertiary/aromatic N) is 3. The first kappa shape index (κ1) is 21.0. The number of carbonyl (C=O) groups excluding carboxylic acids is 1. The van der Waals surface area contributed by atoms with Gasteiger partial charge in [0.1, 0.15) is 11.4 Å². The lowest BCUT2D eigenvalue weighted by Crippen LogP contribution is -2.48. The molecule has 0 bridgehead atoms. The molecule has 1 aromatic carbocycles. The van der Waals surface area contributed by atoms with Crippen LogP contribution in [-0.2, 0) is 17.9 Å². The van der Waals surface area contributed by atoms with Gasteiger partial charge in [-0.25, -0.2) is 4.98 Å². The molecular formula is C24H27N3O4S. The summed E-state index contributed by atoms with van der Waals surface area (Å²) >= 11 is 1.43. The minimum Gasteiger partial charge on any atom is -0.454 e. The van der Waals surface area contributed by atoms with Crippen LogP contribution in [0.1, 0.15) is 38.7 Å². The van der Waals surface area contributed by atoms with E-state index in [4.69, 9.17) is 9.47 Å². The molecule has 32 heavy (non-hydrogen) atoms. The number of benzene rings is 1. The van der Waals surface area contributed by atoms with Crippen molar-refractivity contribution in [1.82, 2.24) is 14.5 Å². The molecule has 1 aliphatic heterocycles. The minimum atomic E-state index is -0.169. The number of hydrogen-bond acceptors (Lipinski definition) is 6. The summed E-state index contributed by atoms with van der Waals surface area (Å²) in [5.41, 5.74) is 0.824. The highest BCUT2D eigenvalue weighted by atomic mass is 32.1. The van der Waals surface area contributed by atoms with Crippen LogP contribution in [0.15, 0.2) is 40.8 Å². The van der Waals surface area contributed by atoms with E-state index in [-0.39, 0.29) is 30.8 Å². The Kier molecular flexibility index (Phi) is 5.63. The van der Waals surface area contributed by atoms with Crippen molar-refractivity contribution in [3.05, 3.63) is 51.9 Å². The number of thiophene rings is 1. The van der Waals surface area contributed by atoms with E-state index in [0.29, 0.717) is 34.3 Å². The smallest absolute Gasteiger partial charge is 0.262 e. The second kappa shape index (κ2) is 8.58. The summed E-state index contributed by atoms with van der Waals surface area (Å²) in [5, 5.41) is 2.41. The molecule has 7 nitrogen and oxygen atoms in total. The second-order valence-corrected chi connectivity index (χ2v) is 9.76. The molecule has 1 saturated carbocycles. The summed E-state index contributed by atoms with van der Waals surface area (Å²) in [6.07, 6.45) is 4.74. The van der Waals surface area contributed by atoms with Crippen LogP contribution >= 0.6 is 11.3 Å². The SMILES string of the molecule is C[C@H]1[C@H](C)CCC[C@H]1N(Cc1ccc2c(c1)OCO2)C(=O)Cn1cnc2sccc2c1=O. The quantitative estimate of drug-likeness (QED) is 0.583. The average Bonchev–Trinajstić information content (AvgIpc) is 3.45. The standard InChI is InChI=1S/C24H27N3O4S/c1-15-4-3-5-19(16(15)2)27(11-17-6-7-20-21(10-17)31-14-30-20)22(28)12-26-13-25-23-18(24(26)29)8-9-32-23/h6-10,13,15-16,19H,3-5,11-12,14H2,1-2H3/t15-,16+,19-/m1/s1. The first-order valence-corrected chi connectivity index (χ1v) is 12.0. The Hall–Kier alpha value is -2.87. The molecule has 0 N–H and O–H groups in total. The predicted octanol–water partition coefficient (Wildman–Crippen LogP) is 4.04. The highest BCUT2D eigenvalue weighted by Gasteiger charge is 2.34. The van der Waals surface area contributed by atoms with Gasteiger partial charge in [0.2, 0.25) is 12.7 Å². The summed E-state index contributed by atoms with van der Waals surface area (Å²) in [5.74, 6) is 2.31. The molecule has 0 saturated heterocycles. The van der Waals surface area contributed by atoms with Crippen LogP contribution in [0.4, 0.5) is 0 Å². The molecule has 1 aliphatic carbocycles. The molecule has 3 aromatic rings. The molecule has 8 heteroatoms. The number of carbonyl (C=O) groups is 1. The van der Waals surface area contributed by atoms with Crippen molar-refractivity contribution >= 4 is 27.5 Å². The van der Waals surface area contributed by atoms with Gasteiger partial charge < -0.3 is 14.4 Å². The molecule has 0 spiro atoms. The number of rotatable bonds is 5. The van der Waals surface area contributed by atoms with Crippen molar-refractivity contribution in [2.45, 2.75) is 52.2 Å². The third-order valence-corrected chi connectivity index (χ3v) is 7.75. The highest BCUT2D eigenvalue weighted by molar-refractivity contribution is 7.16. The third kappa shape index (κ3) is 3.88. The largest absolute Gasteiger partial charge is 0.454 e. The molecule has 2 aliphatic rings. The third-order valence-electron chi connectivity index (χ3n) is 6.93. The van der Waals surface area contributed by atoms with Crippen molar-refractivity contribution in [3.8, 4) is 11.5 Å². The predicted molar refractivity (Wildman–Crippen MR) is 123 cm³/mol. The molecular weight excluding hydrogens is 426 g/mol. The van der Waals surface area contributed by atoms with Crippen LogP contribution in [0.5, 0.6) is 11.5 Å². The maximum atomic E-state index is 13.6. The van der Waals surface area contributed by atoms with Gasteiger partial charge in [-0.2, -0.15) is 0 Å². The molecule has 0 unspecified atom stereocenters. The molecule has 1 fully saturated rings. The lowest BCUT2D eigenvalue weighted by atomic mass is 9.77. The van der Waals surface area contributed by atoms with Crippen molar-refractivity contribution in [2.24, 2.45) is 11.8 Å². The van der Waals surface area contributed by atoms with Gasteiger partial charge in [0.05, 0.1) is 11.7 Å². The Bertz CT molecular complexity index is 1200. The molecule has 1 amide bonds. The zero-order valence-corrected chi connectivity index (χ0v) is 19.1. The summed E-state index contributed by atoms with van der Waals surface area (Å²) in [4.78, 5) is 33.5. The topological polar surface area (TPSA) is 73.7 Å². The van der Waals surface area contributed by atoms with Crippen molar-refractivity contribution in [3.63, 3.8) is 0 Å². The van der Waals surface area contributed by atoms with Gasteiger partial charge in [0.25, 0.3) is 5.56 Å². The fourth-order valence-corrected chi connectivity index (χ4v) is 5.59. The number of amides is 1. The van der Waals surface area contributed by atoms with E-state index >= 15 is 0 Å². The number of ether oxygens (including phenoxy) is 2. The maximum absolute atomic E-state index is 13.6. The van der Waals surface area contributed by atoms with E-state index in [2.05, 4.69) is 18.8 Å². The fourth-order valence-electron chi connectivity index (χ4n) is 4.86. The van der Waals surface area contributed by atoms with E-state index in [1.165, 1.54) is 28.7 Å². The molecule has 5 rings (SSSR count). The summed E-state index contributed by atoms with van der Waals surface area (Å²) in [6.45, 7) is 5.18. The van der Waals surface area contributed by atoms with Gasteiger partial charge in [-0.15, -0.1) is 11.3 Å². The van der Waals surface area contributed by atoms with Crippen molar-refractivity contribution < 1.29 is 14.3 Å². The molecule has 3 atom stereocenters. The monoisotopic (exact) mass is 453 g/mol. The maximum Gasteiger partial charge on any atom is 0.262 e. The Morgan fingerprint density at radius 2 is 2.06 bits per heavy atom. The van der Waals surface area contributed by atoms with Crippen LogP contribution in [0.3, 0.4) is 0 Å². The van der Waals surface area contributed by atoms with Gasteiger partial charge in [0.15, 0.2) is 11.5 Å². The van der Waals surface area contributed by atoms with Crippen LogP contribution in [0.25, 0.3) is 10.2 Å². The number of aromatic nitrogens is 2. The zero-order valence-electron chi connectivity index (χ0n) is 18.3. The van der Waals surface area contributed by atoms with E-state index in [1.54, 1.807) is 6.07 Å². The van der Waals surface area contributed by atoms with Crippen LogP contribution in [-0.4, -0.2) is 33.2 Å². The van der Waals surface area contributed by atoms with E-state index in [9.17, 15) is 9.59 Å². The first-order valence-electron chi connectivity index (χ1n) is 11.1. The Balaban J connectivity index is 1.44. The van der Waals surface area contributed by atoms with E-state index in [0.717, 1.165) is 24.2 Å². The molecule has 2 aromatic heterocycles. The van der Waals surface area contributed by atoms with Crippen LogP contribution in [0.2, 0.25) is 0 Å². The average molecular weight is 454 g/mol. The van der Waals surface area contributed by atoms with E-state index in [1.807, 2.05) is 28.5 Å². The van der Waals surface area contributed by atoms with Crippen LogP contribution in [0, 0.1) is 11.8 Å². The van der Waals surface area contributed by atoms with Crippen molar-refractivity contribution in [1.29, 1.82) is 0 Å². The van der Waals surface area contributed by atoms with Gasteiger partial charge in [-0.1, -0.05) is 32.8 Å². The summed E-state index contributed by atoms with van der Waals surface area (Å²) < 4.78 is 12.4. The molecule has 0 radical (unpaired) electrons. The zero-order chi connectivity index (χ0) is 22.2. The number of hydrogen-bond donors (Lipinski definition) is 0. The minimum absolute atomic E-state index is 0.0141. The second-order valence-electron chi connectivity index (χ2n) is 8.86. The Morgan fingerprint density at radius 3 is 2.94 bits per heavy atom. The van der Waals surface area contributed by atoms with E-state index < -0.39 is 0 Å². The summed E-state index contributed by atoms with van der Waals surface area (Å²) in [7, 11) is 0. The van der Waals surface area contributed by atoms with Crippen molar-refractivity contribution in [2.75, 3.05) is 6.79 Å². The van der Waals surface area contributed by atoms with Gasteiger partial charge >= 0.3 is 0 Å². The van der Waals surface area contributed by atoms with Gasteiger partial charge in [0, 0.05) is 12.6 Å². The van der Waals surface area contributed by atoms with Crippen LogP contribution < -0.4 is 15.0 Å². The fraction of sp³-hybridized carbons (Fsp3) is 0.458. The van der Waals surface area contributed by atoms with Gasteiger partial charge in [-0.05, 0) is 47.4 Å². The lowest BCUT2D eigenvalue weighted by molar-refractivity contribution is -0.137. The molecule has 168 valence electrons. The molecule has 3 heterocycles.